The number of ether oxygens (including phenoxy) is 1. The van der Waals surface area contributed by atoms with Crippen LogP contribution in [-0.2, 0) is 14.3 Å². The summed E-state index contributed by atoms with van der Waals surface area (Å²) < 4.78 is 4.83. The monoisotopic (exact) mass is 239 g/mol. The fourth-order valence-electron chi connectivity index (χ4n) is 1.89. The van der Waals surface area contributed by atoms with Crippen molar-refractivity contribution in [2.24, 2.45) is 0 Å². The van der Waals surface area contributed by atoms with Crippen LogP contribution >= 0.6 is 0 Å². The van der Waals surface area contributed by atoms with Gasteiger partial charge in [0, 0.05) is 6.42 Å². The van der Waals surface area contributed by atoms with E-state index in [1.54, 1.807) is 13.8 Å². The van der Waals surface area contributed by atoms with Crippen LogP contribution in [0, 0.1) is 0 Å². The molecule has 0 fully saturated rings. The van der Waals surface area contributed by atoms with Crippen LogP contribution in [0.4, 0.5) is 0 Å². The number of amides is 1. The van der Waals surface area contributed by atoms with Gasteiger partial charge < -0.3 is 10.1 Å². The first kappa shape index (κ1) is 13.7. The molecule has 1 aliphatic rings. The van der Waals surface area contributed by atoms with Crippen molar-refractivity contribution in [1.29, 1.82) is 0 Å². The van der Waals surface area contributed by atoms with Crippen molar-refractivity contribution in [2.45, 2.75) is 52.0 Å². The predicted octanol–water partition coefficient (Wildman–Crippen LogP) is 1.94. The van der Waals surface area contributed by atoms with Crippen molar-refractivity contribution >= 4 is 11.9 Å². The quantitative estimate of drug-likeness (QED) is 0.589. The van der Waals surface area contributed by atoms with Crippen LogP contribution < -0.4 is 5.32 Å². The molecule has 0 aromatic rings. The van der Waals surface area contributed by atoms with Crippen molar-refractivity contribution < 1.29 is 14.3 Å². The summed E-state index contributed by atoms with van der Waals surface area (Å²) in [5, 5.41) is 2.66. The summed E-state index contributed by atoms with van der Waals surface area (Å²) in [6, 6.07) is -0.563. The minimum atomic E-state index is -0.563. The summed E-state index contributed by atoms with van der Waals surface area (Å²) in [6.07, 6.45) is 6.98. The maximum Gasteiger partial charge on any atom is 0.328 e. The van der Waals surface area contributed by atoms with E-state index >= 15 is 0 Å². The normalized spacial score (nSPS) is 16.9. The van der Waals surface area contributed by atoms with Gasteiger partial charge in [0.2, 0.25) is 5.91 Å². The Hall–Kier alpha value is -1.32. The first-order chi connectivity index (χ1) is 8.13. The Balaban J connectivity index is 2.33. The lowest BCUT2D eigenvalue weighted by atomic mass is 9.97. The van der Waals surface area contributed by atoms with Crippen LogP contribution in [-0.4, -0.2) is 24.5 Å². The average Bonchev–Trinajstić information content (AvgIpc) is 2.30. The molecule has 1 aliphatic carbocycles. The Kier molecular flexibility index (Phi) is 5.73. The number of nitrogens with one attached hydrogen (secondary N) is 1. The van der Waals surface area contributed by atoms with E-state index in [2.05, 4.69) is 11.4 Å². The van der Waals surface area contributed by atoms with Gasteiger partial charge >= 0.3 is 5.97 Å². The summed E-state index contributed by atoms with van der Waals surface area (Å²) in [4.78, 5) is 23.0. The number of allylic oxidation sites excluding steroid dienone is 1. The maximum atomic E-state index is 11.7. The van der Waals surface area contributed by atoms with Gasteiger partial charge in [0.05, 0.1) is 6.61 Å². The van der Waals surface area contributed by atoms with Crippen LogP contribution in [0.25, 0.3) is 0 Å². The van der Waals surface area contributed by atoms with Gasteiger partial charge in [-0.15, -0.1) is 0 Å². The Labute approximate surface area is 102 Å². The molecule has 4 heteroatoms. The molecule has 0 aromatic carbocycles. The lowest BCUT2D eigenvalue weighted by Gasteiger charge is -2.15. The lowest BCUT2D eigenvalue weighted by Crippen LogP contribution is -2.39. The molecule has 0 spiro atoms. The second kappa shape index (κ2) is 7.09. The predicted molar refractivity (Wildman–Crippen MR) is 65.4 cm³/mol. The number of esters is 1. The van der Waals surface area contributed by atoms with Crippen molar-refractivity contribution in [1.82, 2.24) is 5.32 Å². The molecule has 17 heavy (non-hydrogen) atoms. The fraction of sp³-hybridized carbons (Fsp3) is 0.692. The second-order valence-electron chi connectivity index (χ2n) is 4.33. The van der Waals surface area contributed by atoms with Crippen molar-refractivity contribution in [3.05, 3.63) is 11.6 Å². The van der Waals surface area contributed by atoms with E-state index in [1.807, 2.05) is 0 Å². The largest absolute Gasteiger partial charge is 0.464 e. The third kappa shape index (κ3) is 5.02. The molecule has 96 valence electrons. The summed E-state index contributed by atoms with van der Waals surface area (Å²) in [6.45, 7) is 3.73. The summed E-state index contributed by atoms with van der Waals surface area (Å²) in [5.41, 5.74) is 1.19. The first-order valence-corrected chi connectivity index (χ1v) is 6.27. The third-order valence-corrected chi connectivity index (χ3v) is 2.79. The third-order valence-electron chi connectivity index (χ3n) is 2.79. The van der Waals surface area contributed by atoms with E-state index in [1.165, 1.54) is 12.0 Å². The van der Waals surface area contributed by atoms with Crippen molar-refractivity contribution in [3.8, 4) is 0 Å². The van der Waals surface area contributed by atoms with Gasteiger partial charge in [-0.2, -0.15) is 0 Å². The van der Waals surface area contributed by atoms with Crippen LogP contribution in [0.3, 0.4) is 0 Å². The van der Waals surface area contributed by atoms with E-state index in [0.717, 1.165) is 19.3 Å². The van der Waals surface area contributed by atoms with E-state index in [-0.39, 0.29) is 11.9 Å². The number of hydrogen-bond donors (Lipinski definition) is 1. The molecule has 0 saturated heterocycles. The number of carbonyl (C=O) groups excluding carboxylic acids is 2. The number of carbonyl (C=O) groups is 2. The van der Waals surface area contributed by atoms with Gasteiger partial charge in [-0.25, -0.2) is 4.79 Å². The van der Waals surface area contributed by atoms with Gasteiger partial charge in [0.15, 0.2) is 0 Å². The average molecular weight is 239 g/mol. The van der Waals surface area contributed by atoms with Crippen LogP contribution in [0.1, 0.15) is 46.0 Å². The minimum absolute atomic E-state index is 0.0984. The van der Waals surface area contributed by atoms with Crippen LogP contribution in [0.5, 0.6) is 0 Å². The molecule has 0 radical (unpaired) electrons. The second-order valence-corrected chi connectivity index (χ2v) is 4.33. The van der Waals surface area contributed by atoms with Gasteiger partial charge in [0.25, 0.3) is 0 Å². The molecule has 1 amide bonds. The molecule has 1 atom stereocenters. The fourth-order valence-corrected chi connectivity index (χ4v) is 1.89. The summed E-state index contributed by atoms with van der Waals surface area (Å²) >= 11 is 0. The molecule has 0 aromatic heterocycles. The highest BCUT2D eigenvalue weighted by molar-refractivity contribution is 5.85. The summed E-state index contributed by atoms with van der Waals surface area (Å²) in [5.74, 6) is -0.475. The van der Waals surface area contributed by atoms with E-state index in [0.29, 0.717) is 13.0 Å². The smallest absolute Gasteiger partial charge is 0.328 e. The Bertz CT molecular complexity index is 310. The summed E-state index contributed by atoms with van der Waals surface area (Å²) in [7, 11) is 0. The topological polar surface area (TPSA) is 55.4 Å². The molecule has 1 N–H and O–H groups in total. The molecular formula is C13H21NO3. The molecular weight excluding hydrogens is 218 g/mol. The Morgan fingerprint density at radius 1 is 1.47 bits per heavy atom. The molecule has 0 saturated carbocycles. The lowest BCUT2D eigenvalue weighted by molar-refractivity contribution is -0.146. The highest BCUT2D eigenvalue weighted by Crippen LogP contribution is 2.19. The van der Waals surface area contributed by atoms with E-state index < -0.39 is 6.04 Å². The Morgan fingerprint density at radius 2 is 2.24 bits per heavy atom. The molecule has 0 aliphatic heterocycles. The highest BCUT2D eigenvalue weighted by atomic mass is 16.5. The molecule has 4 nitrogen and oxygen atoms in total. The van der Waals surface area contributed by atoms with Crippen LogP contribution in [0.15, 0.2) is 11.6 Å². The Morgan fingerprint density at radius 3 is 2.82 bits per heavy atom. The molecule has 1 unspecified atom stereocenters. The van der Waals surface area contributed by atoms with Gasteiger partial charge in [0.1, 0.15) is 6.04 Å². The van der Waals surface area contributed by atoms with Crippen molar-refractivity contribution in [3.63, 3.8) is 0 Å². The SMILES string of the molecule is CCOC(=O)C(C)NC(=O)CC1=CCCCC1. The zero-order chi connectivity index (χ0) is 12.7. The minimum Gasteiger partial charge on any atom is -0.464 e. The molecule has 0 heterocycles. The van der Waals surface area contributed by atoms with Crippen molar-refractivity contribution in [2.75, 3.05) is 6.61 Å². The highest BCUT2D eigenvalue weighted by Gasteiger charge is 2.17. The zero-order valence-electron chi connectivity index (χ0n) is 10.6. The van der Waals surface area contributed by atoms with Gasteiger partial charge in [-0.1, -0.05) is 11.6 Å². The number of rotatable bonds is 5. The standard InChI is InChI=1S/C13H21NO3/c1-3-17-13(16)10(2)14-12(15)9-11-7-5-4-6-8-11/h7,10H,3-6,8-9H2,1-2H3,(H,14,15). The zero-order valence-corrected chi connectivity index (χ0v) is 10.6. The van der Waals surface area contributed by atoms with E-state index in [4.69, 9.17) is 4.74 Å². The van der Waals surface area contributed by atoms with Crippen LogP contribution in [0.2, 0.25) is 0 Å². The molecule has 1 rings (SSSR count). The van der Waals surface area contributed by atoms with E-state index in [9.17, 15) is 9.59 Å². The van der Waals surface area contributed by atoms with Gasteiger partial charge in [-0.3, -0.25) is 4.79 Å². The number of hydrogen-bond acceptors (Lipinski definition) is 3. The first-order valence-electron chi connectivity index (χ1n) is 6.27. The molecule has 0 bridgehead atoms. The maximum absolute atomic E-state index is 11.7. The van der Waals surface area contributed by atoms with Gasteiger partial charge in [-0.05, 0) is 39.5 Å².